The molecule has 0 amide bonds. The summed E-state index contributed by atoms with van der Waals surface area (Å²) < 4.78 is 0. The lowest BCUT2D eigenvalue weighted by Gasteiger charge is -2.02. The molecule has 0 saturated carbocycles. The smallest absolute Gasteiger partial charge is 0.159 e. The average Bonchev–Trinajstić information content (AvgIpc) is 2.42. The summed E-state index contributed by atoms with van der Waals surface area (Å²) in [5.41, 5.74) is 2.99. The van der Waals surface area contributed by atoms with E-state index >= 15 is 0 Å². The quantitative estimate of drug-likeness (QED) is 0.685. The lowest BCUT2D eigenvalue weighted by atomic mass is 10.0. The Morgan fingerprint density at radius 2 is 1.41 bits per heavy atom. The van der Waals surface area contributed by atoms with Crippen molar-refractivity contribution in [1.29, 1.82) is 0 Å². The van der Waals surface area contributed by atoms with Crippen LogP contribution in [0.1, 0.15) is 31.1 Å². The van der Waals surface area contributed by atoms with Crippen molar-refractivity contribution >= 4 is 5.78 Å². The van der Waals surface area contributed by atoms with Crippen molar-refractivity contribution in [2.45, 2.75) is 20.8 Å². The van der Waals surface area contributed by atoms with Crippen LogP contribution >= 0.6 is 0 Å². The van der Waals surface area contributed by atoms with Crippen molar-refractivity contribution in [3.05, 3.63) is 60.2 Å². The minimum absolute atomic E-state index is 0.104. The van der Waals surface area contributed by atoms with E-state index in [1.165, 1.54) is 0 Å². The van der Waals surface area contributed by atoms with Crippen LogP contribution in [0.25, 0.3) is 11.1 Å². The molecule has 0 aliphatic rings. The zero-order valence-corrected chi connectivity index (χ0v) is 10.6. The van der Waals surface area contributed by atoms with Gasteiger partial charge in [0.25, 0.3) is 0 Å². The topological polar surface area (TPSA) is 17.1 Å². The summed E-state index contributed by atoms with van der Waals surface area (Å²) in [5.74, 6) is 0.104. The molecule has 0 unspecified atom stereocenters. The molecule has 0 fully saturated rings. The van der Waals surface area contributed by atoms with E-state index in [-0.39, 0.29) is 5.78 Å². The lowest BCUT2D eigenvalue weighted by molar-refractivity contribution is 0.101. The number of hydrogen-bond acceptors (Lipinski definition) is 1. The summed E-state index contributed by atoms with van der Waals surface area (Å²) in [4.78, 5) is 11.2. The normalized spacial score (nSPS) is 9.12. The van der Waals surface area contributed by atoms with E-state index in [0.29, 0.717) is 0 Å². The van der Waals surface area contributed by atoms with Crippen LogP contribution < -0.4 is 0 Å². The van der Waals surface area contributed by atoms with E-state index in [1.807, 2.05) is 68.4 Å². The molecule has 0 atom stereocenters. The molecule has 0 bridgehead atoms. The van der Waals surface area contributed by atoms with E-state index in [4.69, 9.17) is 0 Å². The molecule has 2 rings (SSSR count). The predicted molar refractivity (Wildman–Crippen MR) is 73.2 cm³/mol. The zero-order valence-electron chi connectivity index (χ0n) is 10.6. The third-order valence-electron chi connectivity index (χ3n) is 2.38. The zero-order chi connectivity index (χ0) is 12.7. The van der Waals surface area contributed by atoms with Crippen LogP contribution in [0.5, 0.6) is 0 Å². The van der Waals surface area contributed by atoms with Gasteiger partial charge < -0.3 is 0 Å². The van der Waals surface area contributed by atoms with Gasteiger partial charge in [-0.05, 0) is 24.1 Å². The van der Waals surface area contributed by atoms with E-state index in [9.17, 15) is 4.79 Å². The van der Waals surface area contributed by atoms with E-state index in [2.05, 4.69) is 0 Å². The van der Waals surface area contributed by atoms with Crippen LogP contribution in [-0.2, 0) is 0 Å². The molecular weight excluding hydrogens is 208 g/mol. The lowest BCUT2D eigenvalue weighted by Crippen LogP contribution is -1.91. The van der Waals surface area contributed by atoms with Gasteiger partial charge in [-0.3, -0.25) is 4.79 Å². The summed E-state index contributed by atoms with van der Waals surface area (Å²) in [5, 5.41) is 0. The summed E-state index contributed by atoms with van der Waals surface area (Å²) >= 11 is 0. The molecule has 0 radical (unpaired) electrons. The average molecular weight is 226 g/mol. The van der Waals surface area contributed by atoms with Gasteiger partial charge in [0.1, 0.15) is 0 Å². The number of rotatable bonds is 2. The van der Waals surface area contributed by atoms with Gasteiger partial charge in [-0.15, -0.1) is 0 Å². The molecule has 0 N–H and O–H groups in total. The minimum atomic E-state index is 0.104. The van der Waals surface area contributed by atoms with Crippen molar-refractivity contribution in [3.8, 4) is 11.1 Å². The third kappa shape index (κ3) is 3.56. The van der Waals surface area contributed by atoms with Crippen molar-refractivity contribution in [1.82, 2.24) is 0 Å². The van der Waals surface area contributed by atoms with Crippen LogP contribution in [0.2, 0.25) is 0 Å². The van der Waals surface area contributed by atoms with Crippen LogP contribution in [0.4, 0.5) is 0 Å². The third-order valence-corrected chi connectivity index (χ3v) is 2.38. The summed E-state index contributed by atoms with van der Waals surface area (Å²) in [6.07, 6.45) is 0. The maximum Gasteiger partial charge on any atom is 0.159 e. The molecule has 0 aliphatic carbocycles. The van der Waals surface area contributed by atoms with Crippen molar-refractivity contribution < 1.29 is 4.79 Å². The van der Waals surface area contributed by atoms with Crippen LogP contribution in [0.3, 0.4) is 0 Å². The van der Waals surface area contributed by atoms with Crippen molar-refractivity contribution in [2.24, 2.45) is 0 Å². The summed E-state index contributed by atoms with van der Waals surface area (Å²) in [7, 11) is 0. The highest BCUT2D eigenvalue weighted by Gasteiger charge is 2.01. The number of carbonyl (C=O) groups excluding carboxylic acids is 1. The fourth-order valence-electron chi connectivity index (χ4n) is 1.55. The Bertz CT molecular complexity index is 472. The SMILES string of the molecule is CC.CC(=O)c1cccc(-c2ccccc2)c1. The van der Waals surface area contributed by atoms with Crippen LogP contribution in [0.15, 0.2) is 54.6 Å². The Hall–Kier alpha value is -1.89. The fraction of sp³-hybridized carbons (Fsp3) is 0.188. The van der Waals surface area contributed by atoms with Gasteiger partial charge in [0.2, 0.25) is 0 Å². The van der Waals surface area contributed by atoms with Gasteiger partial charge in [0.05, 0.1) is 0 Å². The maximum atomic E-state index is 11.2. The van der Waals surface area contributed by atoms with Crippen molar-refractivity contribution in [3.63, 3.8) is 0 Å². The molecule has 0 heterocycles. The van der Waals surface area contributed by atoms with Crippen LogP contribution in [-0.4, -0.2) is 5.78 Å². The number of carbonyl (C=O) groups is 1. The maximum absolute atomic E-state index is 11.2. The number of Topliss-reactive ketones (excluding diaryl/α,β-unsaturated/α-hetero) is 1. The Balaban J connectivity index is 0.000000686. The molecule has 0 aromatic heterocycles. The standard InChI is InChI=1S/C14H12O.C2H6/c1-11(15)13-8-5-9-14(10-13)12-6-3-2-4-7-12;1-2/h2-10H,1H3;1-2H3. The highest BCUT2D eigenvalue weighted by Crippen LogP contribution is 2.19. The molecule has 0 aliphatic heterocycles. The second kappa shape index (κ2) is 6.64. The molecular formula is C16H18O. The number of ketones is 1. The Labute approximate surface area is 103 Å². The first-order valence-electron chi connectivity index (χ1n) is 5.94. The van der Waals surface area contributed by atoms with Gasteiger partial charge in [-0.1, -0.05) is 62.4 Å². The van der Waals surface area contributed by atoms with Gasteiger partial charge in [-0.2, -0.15) is 0 Å². The van der Waals surface area contributed by atoms with Gasteiger partial charge in [0.15, 0.2) is 5.78 Å². The summed E-state index contributed by atoms with van der Waals surface area (Å²) in [6.45, 7) is 5.59. The number of hydrogen-bond donors (Lipinski definition) is 0. The Morgan fingerprint density at radius 3 is 2.00 bits per heavy atom. The highest BCUT2D eigenvalue weighted by atomic mass is 16.1. The number of benzene rings is 2. The largest absolute Gasteiger partial charge is 0.295 e. The molecule has 88 valence electrons. The molecule has 2 aromatic rings. The molecule has 17 heavy (non-hydrogen) atoms. The predicted octanol–water partition coefficient (Wildman–Crippen LogP) is 4.58. The molecule has 0 saturated heterocycles. The molecule has 2 aromatic carbocycles. The van der Waals surface area contributed by atoms with E-state index < -0.39 is 0 Å². The van der Waals surface area contributed by atoms with Gasteiger partial charge >= 0.3 is 0 Å². The minimum Gasteiger partial charge on any atom is -0.295 e. The molecule has 1 nitrogen and oxygen atoms in total. The Morgan fingerprint density at radius 1 is 0.824 bits per heavy atom. The van der Waals surface area contributed by atoms with Crippen LogP contribution in [0, 0.1) is 0 Å². The van der Waals surface area contributed by atoms with E-state index in [0.717, 1.165) is 16.7 Å². The molecule has 1 heteroatoms. The first-order valence-corrected chi connectivity index (χ1v) is 5.94. The van der Waals surface area contributed by atoms with Gasteiger partial charge in [0, 0.05) is 5.56 Å². The second-order valence-electron chi connectivity index (χ2n) is 3.50. The monoisotopic (exact) mass is 226 g/mol. The Kier molecular flexibility index (Phi) is 5.15. The first kappa shape index (κ1) is 13.2. The fourth-order valence-corrected chi connectivity index (χ4v) is 1.55. The first-order chi connectivity index (χ1) is 8.27. The van der Waals surface area contributed by atoms with Gasteiger partial charge in [-0.25, -0.2) is 0 Å². The molecule has 0 spiro atoms. The van der Waals surface area contributed by atoms with E-state index in [1.54, 1.807) is 6.92 Å². The second-order valence-corrected chi connectivity index (χ2v) is 3.50. The summed E-state index contributed by atoms with van der Waals surface area (Å²) in [6, 6.07) is 17.8. The van der Waals surface area contributed by atoms with Crippen molar-refractivity contribution in [2.75, 3.05) is 0 Å². The highest BCUT2D eigenvalue weighted by molar-refractivity contribution is 5.95.